The fourth-order valence-corrected chi connectivity index (χ4v) is 4.50. The molecule has 3 N–H and O–H groups in total. The third kappa shape index (κ3) is 3.34. The first-order valence-corrected chi connectivity index (χ1v) is 9.40. The van der Waals surface area contributed by atoms with Crippen molar-refractivity contribution >= 4 is 11.8 Å². The lowest BCUT2D eigenvalue weighted by Gasteiger charge is -2.44. The Labute approximate surface area is 155 Å². The number of carbonyl (C=O) groups excluding carboxylic acids is 2. The van der Waals surface area contributed by atoms with Gasteiger partial charge in [0.2, 0.25) is 11.8 Å². The number of aromatic nitrogens is 1. The van der Waals surface area contributed by atoms with Gasteiger partial charge in [0.05, 0.1) is 16.6 Å². The largest absolute Gasteiger partial charge is 0.369 e. The molecule has 0 bridgehead atoms. The number of rotatable bonds is 5. The summed E-state index contributed by atoms with van der Waals surface area (Å²) in [4.78, 5) is 30.6. The van der Waals surface area contributed by atoms with Crippen molar-refractivity contribution in [3.8, 4) is 0 Å². The number of primary amides is 1. The van der Waals surface area contributed by atoms with Crippen LogP contribution in [0.5, 0.6) is 0 Å². The summed E-state index contributed by atoms with van der Waals surface area (Å²) >= 11 is 0. The van der Waals surface area contributed by atoms with Crippen LogP contribution < -0.4 is 11.1 Å². The first kappa shape index (κ1) is 18.8. The Morgan fingerprint density at radius 2 is 2.00 bits per heavy atom. The average molecular weight is 358 g/mol. The predicted molar refractivity (Wildman–Crippen MR) is 100 cm³/mol. The normalized spacial score (nSPS) is 29.3. The SMILES string of the molecule is CNC1(c2ccccn2)CCC2(CC1)CC(=O)N(CC(C)(C)C(N)=O)C2. The van der Waals surface area contributed by atoms with E-state index in [1.165, 1.54) is 0 Å². The molecule has 26 heavy (non-hydrogen) atoms. The number of nitrogens with two attached hydrogens (primary N) is 1. The van der Waals surface area contributed by atoms with E-state index in [-0.39, 0.29) is 22.8 Å². The van der Waals surface area contributed by atoms with E-state index in [0.717, 1.165) is 37.9 Å². The van der Waals surface area contributed by atoms with Crippen molar-refractivity contribution in [3.63, 3.8) is 0 Å². The Morgan fingerprint density at radius 3 is 2.54 bits per heavy atom. The summed E-state index contributed by atoms with van der Waals surface area (Å²) in [5, 5.41) is 3.49. The smallest absolute Gasteiger partial charge is 0.224 e. The molecule has 1 saturated heterocycles. The summed E-state index contributed by atoms with van der Waals surface area (Å²) in [6.07, 6.45) is 6.28. The molecule has 1 aromatic heterocycles. The lowest BCUT2D eigenvalue weighted by atomic mass is 9.65. The van der Waals surface area contributed by atoms with E-state index in [9.17, 15) is 9.59 Å². The number of carbonyl (C=O) groups is 2. The first-order valence-electron chi connectivity index (χ1n) is 9.40. The Bertz CT molecular complexity index is 678. The lowest BCUT2D eigenvalue weighted by Crippen LogP contribution is -2.48. The third-order valence-corrected chi connectivity index (χ3v) is 6.46. The van der Waals surface area contributed by atoms with Crippen molar-refractivity contribution in [1.82, 2.24) is 15.2 Å². The molecule has 2 aliphatic rings. The Kier molecular flexibility index (Phi) is 4.82. The van der Waals surface area contributed by atoms with Gasteiger partial charge < -0.3 is 16.0 Å². The summed E-state index contributed by atoms with van der Waals surface area (Å²) in [7, 11) is 1.99. The van der Waals surface area contributed by atoms with Crippen LogP contribution in [0.25, 0.3) is 0 Å². The first-order chi connectivity index (χ1) is 12.2. The molecule has 6 heteroatoms. The second-order valence-corrected chi connectivity index (χ2v) is 8.72. The maximum atomic E-state index is 12.6. The topological polar surface area (TPSA) is 88.3 Å². The standard InChI is InChI=1S/C20H30N4O2/c1-18(2,17(21)26)13-24-14-19(12-16(24)25)7-9-20(22-3,10-8-19)15-6-4-5-11-23-15/h4-6,11,22H,7-10,12-14H2,1-3H3,(H2,21,26). The van der Waals surface area contributed by atoms with E-state index in [0.29, 0.717) is 13.0 Å². The van der Waals surface area contributed by atoms with Crippen LogP contribution in [0.2, 0.25) is 0 Å². The number of amides is 2. The minimum atomic E-state index is -0.696. The quantitative estimate of drug-likeness (QED) is 0.840. The molecule has 1 saturated carbocycles. The van der Waals surface area contributed by atoms with Crippen LogP contribution in [0, 0.1) is 10.8 Å². The van der Waals surface area contributed by atoms with Gasteiger partial charge in [-0.05, 0) is 64.1 Å². The molecule has 2 fully saturated rings. The maximum absolute atomic E-state index is 12.6. The average Bonchev–Trinajstić information content (AvgIpc) is 2.91. The highest BCUT2D eigenvalue weighted by molar-refractivity contribution is 5.83. The lowest BCUT2D eigenvalue weighted by molar-refractivity contribution is -0.132. The van der Waals surface area contributed by atoms with Crippen LogP contribution in [0.3, 0.4) is 0 Å². The van der Waals surface area contributed by atoms with E-state index in [2.05, 4.69) is 16.4 Å². The summed E-state index contributed by atoms with van der Waals surface area (Å²) in [5.41, 5.74) is 5.77. The molecule has 1 aliphatic carbocycles. The van der Waals surface area contributed by atoms with Crippen molar-refractivity contribution in [2.45, 2.75) is 51.5 Å². The Hall–Kier alpha value is -1.95. The number of hydrogen-bond donors (Lipinski definition) is 2. The van der Waals surface area contributed by atoms with Gasteiger partial charge >= 0.3 is 0 Å². The fourth-order valence-electron chi connectivity index (χ4n) is 4.50. The van der Waals surface area contributed by atoms with Gasteiger partial charge in [0.15, 0.2) is 0 Å². The van der Waals surface area contributed by atoms with Crippen LogP contribution in [-0.4, -0.2) is 41.8 Å². The van der Waals surface area contributed by atoms with Gasteiger partial charge in [-0.2, -0.15) is 0 Å². The molecule has 6 nitrogen and oxygen atoms in total. The predicted octanol–water partition coefficient (Wildman–Crippen LogP) is 1.80. The molecule has 3 rings (SSSR count). The van der Waals surface area contributed by atoms with Crippen LogP contribution in [0.4, 0.5) is 0 Å². The van der Waals surface area contributed by atoms with Gasteiger partial charge in [0.25, 0.3) is 0 Å². The zero-order valence-corrected chi connectivity index (χ0v) is 16.0. The molecule has 1 aromatic rings. The molecule has 1 aliphatic heterocycles. The van der Waals surface area contributed by atoms with Crippen LogP contribution in [-0.2, 0) is 15.1 Å². The van der Waals surface area contributed by atoms with Crippen molar-refractivity contribution in [2.75, 3.05) is 20.1 Å². The summed E-state index contributed by atoms with van der Waals surface area (Å²) in [6, 6.07) is 6.04. The molecule has 1 spiro atoms. The van der Waals surface area contributed by atoms with Gasteiger partial charge in [0, 0.05) is 25.7 Å². The third-order valence-electron chi connectivity index (χ3n) is 6.46. The number of hydrogen-bond acceptors (Lipinski definition) is 4. The minimum Gasteiger partial charge on any atom is -0.369 e. The summed E-state index contributed by atoms with van der Waals surface area (Å²) in [6.45, 7) is 4.74. The number of nitrogens with one attached hydrogen (secondary N) is 1. The van der Waals surface area contributed by atoms with Gasteiger partial charge in [-0.1, -0.05) is 6.07 Å². The van der Waals surface area contributed by atoms with E-state index in [4.69, 9.17) is 5.73 Å². The Morgan fingerprint density at radius 1 is 1.31 bits per heavy atom. The van der Waals surface area contributed by atoms with Crippen LogP contribution in [0.15, 0.2) is 24.4 Å². The molecule has 0 aromatic carbocycles. The Balaban J connectivity index is 1.71. The van der Waals surface area contributed by atoms with Gasteiger partial charge in [-0.25, -0.2) is 0 Å². The molecule has 2 heterocycles. The number of likely N-dealkylation sites (tertiary alicyclic amines) is 1. The van der Waals surface area contributed by atoms with Crippen molar-refractivity contribution in [1.29, 1.82) is 0 Å². The van der Waals surface area contributed by atoms with Gasteiger partial charge in [-0.15, -0.1) is 0 Å². The van der Waals surface area contributed by atoms with Crippen molar-refractivity contribution in [2.24, 2.45) is 16.6 Å². The maximum Gasteiger partial charge on any atom is 0.224 e. The summed E-state index contributed by atoms with van der Waals surface area (Å²) in [5.74, 6) is -0.214. The minimum absolute atomic E-state index is 0.0138. The van der Waals surface area contributed by atoms with E-state index >= 15 is 0 Å². The van der Waals surface area contributed by atoms with Crippen molar-refractivity contribution in [3.05, 3.63) is 30.1 Å². The number of pyridine rings is 1. The fraction of sp³-hybridized carbons (Fsp3) is 0.650. The zero-order valence-electron chi connectivity index (χ0n) is 16.0. The molecule has 0 unspecified atom stereocenters. The van der Waals surface area contributed by atoms with E-state index in [1.54, 1.807) is 0 Å². The van der Waals surface area contributed by atoms with Gasteiger partial charge in [-0.3, -0.25) is 14.6 Å². The van der Waals surface area contributed by atoms with Crippen LogP contribution >= 0.6 is 0 Å². The second-order valence-electron chi connectivity index (χ2n) is 8.72. The molecule has 0 atom stereocenters. The molecule has 0 radical (unpaired) electrons. The van der Waals surface area contributed by atoms with Crippen LogP contribution in [0.1, 0.15) is 51.6 Å². The highest BCUT2D eigenvalue weighted by Crippen LogP contribution is 2.50. The van der Waals surface area contributed by atoms with E-state index in [1.807, 2.05) is 44.1 Å². The van der Waals surface area contributed by atoms with Gasteiger partial charge in [0.1, 0.15) is 0 Å². The summed E-state index contributed by atoms with van der Waals surface area (Å²) < 4.78 is 0. The second kappa shape index (κ2) is 6.65. The van der Waals surface area contributed by atoms with E-state index < -0.39 is 5.41 Å². The molecular formula is C20H30N4O2. The van der Waals surface area contributed by atoms with Crippen molar-refractivity contribution < 1.29 is 9.59 Å². The highest BCUT2D eigenvalue weighted by Gasteiger charge is 2.50. The zero-order chi connectivity index (χ0) is 19.0. The molecular weight excluding hydrogens is 328 g/mol. The monoisotopic (exact) mass is 358 g/mol. The molecule has 142 valence electrons. The molecule has 2 amide bonds. The number of nitrogens with zero attached hydrogens (tertiary/aromatic N) is 2. The highest BCUT2D eigenvalue weighted by atomic mass is 16.2.